The van der Waals surface area contributed by atoms with Gasteiger partial charge in [-0.2, -0.15) is 0 Å². The van der Waals surface area contributed by atoms with Crippen molar-refractivity contribution in [1.82, 2.24) is 4.90 Å². The topological polar surface area (TPSA) is 66.8 Å². The van der Waals surface area contributed by atoms with Gasteiger partial charge in [-0.05, 0) is 25.8 Å². The third-order valence-electron chi connectivity index (χ3n) is 3.11. The van der Waals surface area contributed by atoms with E-state index in [1.165, 1.54) is 0 Å². The first-order chi connectivity index (χ1) is 10.0. The maximum Gasteiger partial charge on any atom is 0.303 e. The zero-order valence-corrected chi connectivity index (χ0v) is 12.6. The standard InChI is InChI=1S/C16H23NO4/c1-3-21-13(2)16(20)17(11-7-10-15(18)19)12-14-8-5-4-6-9-14/h4-6,8-9,13H,3,7,10-12H2,1-2H3,(H,18,19). The minimum absolute atomic E-state index is 0.0571. The molecule has 1 amide bonds. The lowest BCUT2D eigenvalue weighted by Crippen LogP contribution is -2.39. The van der Waals surface area contributed by atoms with Crippen molar-refractivity contribution < 1.29 is 19.4 Å². The lowest BCUT2D eigenvalue weighted by atomic mass is 10.2. The Morgan fingerprint density at radius 3 is 2.52 bits per heavy atom. The molecule has 0 aliphatic heterocycles. The fourth-order valence-corrected chi connectivity index (χ4v) is 2.07. The number of carboxylic acid groups (broad SMARTS) is 1. The van der Waals surface area contributed by atoms with Crippen molar-refractivity contribution in [3.63, 3.8) is 0 Å². The molecule has 0 radical (unpaired) electrons. The van der Waals surface area contributed by atoms with Gasteiger partial charge in [0.25, 0.3) is 5.91 Å². The maximum absolute atomic E-state index is 12.4. The molecular formula is C16H23NO4. The Morgan fingerprint density at radius 2 is 1.95 bits per heavy atom. The van der Waals surface area contributed by atoms with Crippen molar-refractivity contribution >= 4 is 11.9 Å². The quantitative estimate of drug-likeness (QED) is 0.758. The molecule has 21 heavy (non-hydrogen) atoms. The van der Waals surface area contributed by atoms with E-state index >= 15 is 0 Å². The normalized spacial score (nSPS) is 11.9. The molecule has 1 N–H and O–H groups in total. The summed E-state index contributed by atoms with van der Waals surface area (Å²) in [6.45, 7) is 4.92. The van der Waals surface area contributed by atoms with E-state index < -0.39 is 12.1 Å². The Morgan fingerprint density at radius 1 is 1.29 bits per heavy atom. The van der Waals surface area contributed by atoms with Crippen LogP contribution in [-0.4, -0.2) is 41.1 Å². The molecule has 0 aliphatic rings. The number of carbonyl (C=O) groups is 2. The molecule has 1 unspecified atom stereocenters. The van der Waals surface area contributed by atoms with Crippen LogP contribution in [0.15, 0.2) is 30.3 Å². The highest BCUT2D eigenvalue weighted by Crippen LogP contribution is 2.09. The summed E-state index contributed by atoms with van der Waals surface area (Å²) < 4.78 is 5.34. The van der Waals surface area contributed by atoms with E-state index in [1.54, 1.807) is 11.8 Å². The summed E-state index contributed by atoms with van der Waals surface area (Å²) in [5.74, 6) is -0.953. The molecule has 0 aliphatic carbocycles. The molecule has 1 atom stereocenters. The van der Waals surface area contributed by atoms with Crippen molar-refractivity contribution in [3.05, 3.63) is 35.9 Å². The van der Waals surface area contributed by atoms with Gasteiger partial charge in [0.2, 0.25) is 0 Å². The molecule has 0 saturated heterocycles. The Labute approximate surface area is 125 Å². The molecule has 0 bridgehead atoms. The van der Waals surface area contributed by atoms with Crippen LogP contribution >= 0.6 is 0 Å². The number of nitrogens with zero attached hydrogens (tertiary/aromatic N) is 1. The summed E-state index contributed by atoms with van der Waals surface area (Å²) >= 11 is 0. The predicted molar refractivity (Wildman–Crippen MR) is 79.8 cm³/mol. The number of benzene rings is 1. The van der Waals surface area contributed by atoms with Gasteiger partial charge in [-0.1, -0.05) is 30.3 Å². The zero-order chi connectivity index (χ0) is 15.7. The third kappa shape index (κ3) is 6.40. The van der Waals surface area contributed by atoms with E-state index in [1.807, 2.05) is 37.3 Å². The highest BCUT2D eigenvalue weighted by atomic mass is 16.5. The predicted octanol–water partition coefficient (Wildman–Crippen LogP) is 2.30. The molecule has 0 spiro atoms. The molecule has 5 heteroatoms. The number of ether oxygens (including phenoxy) is 1. The van der Waals surface area contributed by atoms with Crippen molar-refractivity contribution in [3.8, 4) is 0 Å². The summed E-state index contributed by atoms with van der Waals surface area (Å²) in [5.41, 5.74) is 1.02. The van der Waals surface area contributed by atoms with Gasteiger partial charge in [0.05, 0.1) is 0 Å². The fourth-order valence-electron chi connectivity index (χ4n) is 2.07. The Balaban J connectivity index is 2.69. The lowest BCUT2D eigenvalue weighted by Gasteiger charge is -2.25. The Kier molecular flexibility index (Phi) is 7.46. The highest BCUT2D eigenvalue weighted by molar-refractivity contribution is 5.80. The second kappa shape index (κ2) is 9.13. The van der Waals surface area contributed by atoms with Crippen LogP contribution in [0.4, 0.5) is 0 Å². The number of aliphatic carboxylic acids is 1. The third-order valence-corrected chi connectivity index (χ3v) is 3.11. The SMILES string of the molecule is CCOC(C)C(=O)N(CCCC(=O)O)Cc1ccccc1. The van der Waals surface area contributed by atoms with E-state index in [9.17, 15) is 9.59 Å². The number of hydrogen-bond donors (Lipinski definition) is 1. The second-order valence-electron chi connectivity index (χ2n) is 4.84. The van der Waals surface area contributed by atoms with Gasteiger partial charge in [0, 0.05) is 26.1 Å². The van der Waals surface area contributed by atoms with E-state index in [4.69, 9.17) is 9.84 Å². The monoisotopic (exact) mass is 293 g/mol. The zero-order valence-electron chi connectivity index (χ0n) is 12.6. The molecule has 116 valence electrons. The van der Waals surface area contributed by atoms with Gasteiger partial charge in [-0.15, -0.1) is 0 Å². The van der Waals surface area contributed by atoms with Crippen LogP contribution in [0.5, 0.6) is 0 Å². The molecular weight excluding hydrogens is 270 g/mol. The van der Waals surface area contributed by atoms with E-state index in [0.717, 1.165) is 5.56 Å². The van der Waals surface area contributed by atoms with Crippen LogP contribution < -0.4 is 0 Å². The Bertz CT molecular complexity index is 447. The number of rotatable bonds is 9. The molecule has 0 aromatic heterocycles. The van der Waals surface area contributed by atoms with Gasteiger partial charge in [-0.25, -0.2) is 0 Å². The number of carbonyl (C=O) groups excluding carboxylic acids is 1. The molecule has 5 nitrogen and oxygen atoms in total. The minimum Gasteiger partial charge on any atom is -0.481 e. The van der Waals surface area contributed by atoms with Crippen LogP contribution in [0.2, 0.25) is 0 Å². The van der Waals surface area contributed by atoms with Crippen LogP contribution in [0, 0.1) is 0 Å². The Hall–Kier alpha value is -1.88. The number of amides is 1. The number of hydrogen-bond acceptors (Lipinski definition) is 3. The van der Waals surface area contributed by atoms with Crippen molar-refractivity contribution in [1.29, 1.82) is 0 Å². The molecule has 1 rings (SSSR count). The van der Waals surface area contributed by atoms with E-state index in [0.29, 0.717) is 26.1 Å². The molecule has 0 fully saturated rings. The van der Waals surface area contributed by atoms with Gasteiger partial charge >= 0.3 is 5.97 Å². The van der Waals surface area contributed by atoms with Gasteiger partial charge in [-0.3, -0.25) is 9.59 Å². The molecule has 1 aromatic rings. The summed E-state index contributed by atoms with van der Waals surface area (Å²) in [6.07, 6.45) is -0.0162. The number of carboxylic acids is 1. The van der Waals surface area contributed by atoms with Crippen molar-refractivity contribution in [2.24, 2.45) is 0 Å². The largest absolute Gasteiger partial charge is 0.481 e. The smallest absolute Gasteiger partial charge is 0.303 e. The fraction of sp³-hybridized carbons (Fsp3) is 0.500. The van der Waals surface area contributed by atoms with Crippen LogP contribution in [0.1, 0.15) is 32.3 Å². The average Bonchev–Trinajstić information content (AvgIpc) is 2.46. The summed E-state index contributed by atoms with van der Waals surface area (Å²) in [7, 11) is 0. The average molecular weight is 293 g/mol. The van der Waals surface area contributed by atoms with Crippen LogP contribution in [0.25, 0.3) is 0 Å². The molecule has 1 aromatic carbocycles. The lowest BCUT2D eigenvalue weighted by molar-refractivity contribution is -0.144. The molecule has 0 heterocycles. The van der Waals surface area contributed by atoms with E-state index in [2.05, 4.69) is 0 Å². The summed E-state index contributed by atoms with van der Waals surface area (Å²) in [4.78, 5) is 24.6. The van der Waals surface area contributed by atoms with Crippen LogP contribution in [-0.2, 0) is 20.9 Å². The van der Waals surface area contributed by atoms with Crippen LogP contribution in [0.3, 0.4) is 0 Å². The summed E-state index contributed by atoms with van der Waals surface area (Å²) in [6, 6.07) is 9.65. The first-order valence-electron chi connectivity index (χ1n) is 7.20. The highest BCUT2D eigenvalue weighted by Gasteiger charge is 2.20. The first-order valence-corrected chi connectivity index (χ1v) is 7.20. The first kappa shape index (κ1) is 17.2. The van der Waals surface area contributed by atoms with Crippen molar-refractivity contribution in [2.75, 3.05) is 13.2 Å². The second-order valence-corrected chi connectivity index (χ2v) is 4.84. The van der Waals surface area contributed by atoms with E-state index in [-0.39, 0.29) is 12.3 Å². The van der Waals surface area contributed by atoms with Gasteiger partial charge < -0.3 is 14.7 Å². The van der Waals surface area contributed by atoms with Gasteiger partial charge in [0.15, 0.2) is 0 Å². The maximum atomic E-state index is 12.4. The van der Waals surface area contributed by atoms with Gasteiger partial charge in [0.1, 0.15) is 6.10 Å². The summed E-state index contributed by atoms with van der Waals surface area (Å²) in [5, 5.41) is 8.72. The van der Waals surface area contributed by atoms with Crippen molar-refractivity contribution in [2.45, 2.75) is 39.3 Å². The minimum atomic E-state index is -0.847. The molecule has 0 saturated carbocycles.